The molecule has 5 rings (SSSR count). The van der Waals surface area contributed by atoms with Gasteiger partial charge in [-0.1, -0.05) is 30.3 Å². The molecule has 11 heteroatoms. The lowest BCUT2D eigenvalue weighted by molar-refractivity contribution is 0.102. The minimum Gasteiger partial charge on any atom is -0.480 e. The number of fused-ring (bicyclic) bond motifs is 1. The van der Waals surface area contributed by atoms with E-state index < -0.39 is 11.7 Å². The van der Waals surface area contributed by atoms with Crippen molar-refractivity contribution in [1.82, 2.24) is 29.4 Å². The summed E-state index contributed by atoms with van der Waals surface area (Å²) in [6.45, 7) is 0.564. The van der Waals surface area contributed by atoms with E-state index in [1.54, 1.807) is 23.1 Å². The molecule has 4 heterocycles. The Morgan fingerprint density at radius 2 is 1.97 bits per heavy atom. The van der Waals surface area contributed by atoms with Gasteiger partial charge < -0.3 is 15.8 Å². The maximum Gasteiger partial charge on any atom is 0.261 e. The molecule has 0 aliphatic carbocycles. The van der Waals surface area contributed by atoms with Crippen LogP contribution in [0.3, 0.4) is 0 Å². The number of pyridine rings is 1. The summed E-state index contributed by atoms with van der Waals surface area (Å²) >= 11 is 0. The molecule has 0 radical (unpaired) electrons. The zero-order valence-corrected chi connectivity index (χ0v) is 18.0. The fourth-order valence-corrected chi connectivity index (χ4v) is 3.63. The summed E-state index contributed by atoms with van der Waals surface area (Å²) in [5, 5.41) is 11.2. The fraction of sp³-hybridized carbons (Fsp3) is 0.0870. The number of nitrogens with one attached hydrogen (secondary N) is 1. The van der Waals surface area contributed by atoms with E-state index in [1.165, 1.54) is 30.2 Å². The molecule has 0 bridgehead atoms. The average Bonchev–Trinajstić information content (AvgIpc) is 3.43. The molecule has 1 amide bonds. The van der Waals surface area contributed by atoms with Crippen LogP contribution in [0.5, 0.6) is 5.88 Å². The van der Waals surface area contributed by atoms with Crippen LogP contribution >= 0.6 is 0 Å². The topological polar surface area (TPSA) is 125 Å². The van der Waals surface area contributed by atoms with Gasteiger partial charge in [-0.15, -0.1) is 0 Å². The van der Waals surface area contributed by atoms with Crippen molar-refractivity contribution in [3.05, 3.63) is 84.3 Å². The Morgan fingerprint density at radius 3 is 2.76 bits per heavy atom. The van der Waals surface area contributed by atoms with Crippen molar-refractivity contribution < 1.29 is 13.9 Å². The van der Waals surface area contributed by atoms with E-state index in [0.29, 0.717) is 23.5 Å². The number of carbonyl (C=O) groups is 1. The van der Waals surface area contributed by atoms with E-state index in [4.69, 9.17) is 10.5 Å². The first kappa shape index (κ1) is 21.1. The number of benzene rings is 1. The minimum atomic E-state index is -0.583. The number of aromatic nitrogens is 6. The SMILES string of the molecule is COc1ncc(-c2cc(F)c3c(N)ncnn23)cc1C(=O)Nc1cnn(Cc2ccccc2)c1. The number of hydrogen-bond acceptors (Lipinski definition) is 7. The molecule has 0 saturated carbocycles. The van der Waals surface area contributed by atoms with Crippen molar-refractivity contribution >= 4 is 22.9 Å². The molecule has 1 aromatic carbocycles. The van der Waals surface area contributed by atoms with Gasteiger partial charge in [0, 0.05) is 24.0 Å². The second-order valence-electron chi connectivity index (χ2n) is 7.43. The molecule has 4 aromatic heterocycles. The molecule has 0 unspecified atom stereocenters. The van der Waals surface area contributed by atoms with Crippen molar-refractivity contribution in [2.45, 2.75) is 6.54 Å². The van der Waals surface area contributed by atoms with Gasteiger partial charge in [0.2, 0.25) is 5.88 Å². The Kier molecular flexibility index (Phi) is 5.34. The van der Waals surface area contributed by atoms with E-state index >= 15 is 0 Å². The fourth-order valence-electron chi connectivity index (χ4n) is 3.63. The highest BCUT2D eigenvalue weighted by atomic mass is 19.1. The van der Waals surface area contributed by atoms with Crippen molar-refractivity contribution in [1.29, 1.82) is 0 Å². The van der Waals surface area contributed by atoms with Crippen molar-refractivity contribution in [3.63, 3.8) is 0 Å². The predicted molar refractivity (Wildman–Crippen MR) is 123 cm³/mol. The number of halogens is 1. The van der Waals surface area contributed by atoms with Crippen molar-refractivity contribution in [2.75, 3.05) is 18.2 Å². The molecular formula is C23H19FN8O2. The monoisotopic (exact) mass is 458 g/mol. The Labute approximate surface area is 192 Å². The summed E-state index contributed by atoms with van der Waals surface area (Å²) in [4.78, 5) is 21.1. The largest absolute Gasteiger partial charge is 0.480 e. The van der Waals surface area contributed by atoms with Crippen LogP contribution in [0.15, 0.2) is 67.4 Å². The molecule has 0 saturated heterocycles. The predicted octanol–water partition coefficient (Wildman–Crippen LogP) is 3.02. The second kappa shape index (κ2) is 8.62. The summed E-state index contributed by atoms with van der Waals surface area (Å²) in [5.41, 5.74) is 8.39. The zero-order valence-electron chi connectivity index (χ0n) is 18.0. The van der Waals surface area contributed by atoms with E-state index in [-0.39, 0.29) is 22.8 Å². The normalized spacial score (nSPS) is 11.0. The highest BCUT2D eigenvalue weighted by Gasteiger charge is 2.20. The average molecular weight is 458 g/mol. The maximum absolute atomic E-state index is 14.5. The number of hydrogen-bond donors (Lipinski definition) is 2. The van der Waals surface area contributed by atoms with Crippen LogP contribution in [0.1, 0.15) is 15.9 Å². The van der Waals surface area contributed by atoms with Crippen LogP contribution < -0.4 is 15.8 Å². The molecule has 0 spiro atoms. The molecule has 34 heavy (non-hydrogen) atoms. The molecule has 3 N–H and O–H groups in total. The molecule has 170 valence electrons. The van der Waals surface area contributed by atoms with Gasteiger partial charge >= 0.3 is 0 Å². The van der Waals surface area contributed by atoms with Gasteiger partial charge in [-0.25, -0.2) is 18.9 Å². The van der Waals surface area contributed by atoms with Crippen molar-refractivity contribution in [2.24, 2.45) is 0 Å². The van der Waals surface area contributed by atoms with Crippen LogP contribution in [-0.4, -0.2) is 42.4 Å². The highest BCUT2D eigenvalue weighted by molar-refractivity contribution is 6.06. The third kappa shape index (κ3) is 3.90. The number of amides is 1. The van der Waals surface area contributed by atoms with Crippen molar-refractivity contribution in [3.8, 4) is 17.1 Å². The summed E-state index contributed by atoms with van der Waals surface area (Å²) in [7, 11) is 1.41. The third-order valence-corrected chi connectivity index (χ3v) is 5.20. The molecule has 5 aromatic rings. The van der Waals surface area contributed by atoms with Gasteiger partial charge in [-0.3, -0.25) is 9.48 Å². The molecule has 0 atom stereocenters. The number of methoxy groups -OCH3 is 1. The third-order valence-electron chi connectivity index (χ3n) is 5.20. The number of anilines is 2. The first-order chi connectivity index (χ1) is 16.5. The van der Waals surface area contributed by atoms with Gasteiger partial charge in [0.15, 0.2) is 11.6 Å². The Morgan fingerprint density at radius 1 is 1.15 bits per heavy atom. The lowest BCUT2D eigenvalue weighted by atomic mass is 10.1. The lowest BCUT2D eigenvalue weighted by Crippen LogP contribution is -2.14. The lowest BCUT2D eigenvalue weighted by Gasteiger charge is -2.10. The van der Waals surface area contributed by atoms with Gasteiger partial charge in [0.25, 0.3) is 5.91 Å². The summed E-state index contributed by atoms with van der Waals surface area (Å²) in [6.07, 6.45) is 5.97. The Bertz CT molecular complexity index is 1500. The Balaban J connectivity index is 1.44. The van der Waals surface area contributed by atoms with E-state index in [1.807, 2.05) is 30.3 Å². The molecule has 0 aliphatic heterocycles. The summed E-state index contributed by atoms with van der Waals surface area (Å²) < 4.78 is 22.8. The summed E-state index contributed by atoms with van der Waals surface area (Å²) in [6, 6.07) is 12.7. The minimum absolute atomic E-state index is 0.00528. The van der Waals surface area contributed by atoms with E-state index in [0.717, 1.165) is 5.56 Å². The molecule has 0 fully saturated rings. The standard InChI is InChI=1S/C23H19FN8O2/c1-34-23-17(22(33)30-16-10-28-31(12-16)11-14-5-3-2-4-6-14)7-15(9-26-23)19-8-18(24)20-21(25)27-13-29-32(19)20/h2-10,12-13H,11H2,1H3,(H,30,33)(H2,25,27,29). The van der Waals surface area contributed by atoms with Crippen LogP contribution in [0.2, 0.25) is 0 Å². The van der Waals surface area contributed by atoms with E-state index in [2.05, 4.69) is 25.5 Å². The van der Waals surface area contributed by atoms with Crippen LogP contribution in [-0.2, 0) is 6.54 Å². The molecule has 0 aliphatic rings. The number of nitrogens with two attached hydrogens (primary N) is 1. The number of nitrogens with zero attached hydrogens (tertiary/aromatic N) is 6. The van der Waals surface area contributed by atoms with Crippen LogP contribution in [0, 0.1) is 5.82 Å². The number of ether oxygens (including phenoxy) is 1. The van der Waals surface area contributed by atoms with Crippen LogP contribution in [0.4, 0.5) is 15.9 Å². The Hall–Kier alpha value is -4.80. The highest BCUT2D eigenvalue weighted by Crippen LogP contribution is 2.29. The first-order valence-electron chi connectivity index (χ1n) is 10.2. The number of rotatable bonds is 6. The zero-order chi connectivity index (χ0) is 23.7. The van der Waals surface area contributed by atoms with Gasteiger partial charge in [0.05, 0.1) is 31.2 Å². The smallest absolute Gasteiger partial charge is 0.261 e. The second-order valence-corrected chi connectivity index (χ2v) is 7.43. The number of nitrogen functional groups attached to an aromatic ring is 1. The van der Waals surface area contributed by atoms with Crippen LogP contribution in [0.25, 0.3) is 16.8 Å². The van der Waals surface area contributed by atoms with Gasteiger partial charge in [0.1, 0.15) is 17.4 Å². The first-order valence-corrected chi connectivity index (χ1v) is 10.2. The van der Waals surface area contributed by atoms with E-state index in [9.17, 15) is 9.18 Å². The number of carbonyl (C=O) groups excluding carboxylic acids is 1. The van der Waals surface area contributed by atoms with Gasteiger partial charge in [-0.2, -0.15) is 10.2 Å². The molecular weight excluding hydrogens is 439 g/mol. The maximum atomic E-state index is 14.5. The quantitative estimate of drug-likeness (QED) is 0.401. The van der Waals surface area contributed by atoms with Gasteiger partial charge in [-0.05, 0) is 11.6 Å². The molecule has 10 nitrogen and oxygen atoms in total. The summed E-state index contributed by atoms with van der Waals surface area (Å²) in [5.74, 6) is -0.916.